The zero-order valence-electron chi connectivity index (χ0n) is 5.82. The molecule has 0 atom stereocenters. The first-order valence-corrected chi connectivity index (χ1v) is 4.51. The van der Waals surface area contributed by atoms with E-state index in [0.717, 1.165) is 0 Å². The van der Waals surface area contributed by atoms with Crippen molar-refractivity contribution in [3.05, 3.63) is 0 Å². The van der Waals surface area contributed by atoms with Crippen molar-refractivity contribution in [1.29, 1.82) is 0 Å². The molecule has 0 heterocycles. The maximum Gasteiger partial charge on any atom is 0.110 e. The van der Waals surface area contributed by atoms with Gasteiger partial charge in [0.25, 0.3) is 0 Å². The molecule has 0 N–H and O–H groups in total. The maximum absolute atomic E-state index is 5.42. The van der Waals surface area contributed by atoms with Gasteiger partial charge in [-0.3, -0.25) is 0 Å². The molecule has 1 saturated carbocycles. The Morgan fingerprint density at radius 2 is 2.00 bits per heavy atom. The van der Waals surface area contributed by atoms with Crippen molar-refractivity contribution in [2.45, 2.75) is 44.6 Å². The largest absolute Gasteiger partial charge is 0.309 e. The lowest BCUT2D eigenvalue weighted by Gasteiger charge is -2.22. The molecular weight excluding hydrogens is 227 g/mol. The van der Waals surface area contributed by atoms with E-state index >= 15 is 0 Å². The van der Waals surface area contributed by atoms with Crippen LogP contribution in [-0.2, 0) is 3.07 Å². The van der Waals surface area contributed by atoms with E-state index in [-0.39, 0.29) is 5.60 Å². The minimum absolute atomic E-state index is 0.264. The maximum atomic E-state index is 5.42. The van der Waals surface area contributed by atoms with E-state index in [0.29, 0.717) is 0 Å². The normalized spacial score (nSPS) is 24.7. The van der Waals surface area contributed by atoms with E-state index in [4.69, 9.17) is 3.07 Å². The fraction of sp³-hybridized carbons (Fsp3) is 1.00. The Labute approximate surface area is 70.9 Å². The van der Waals surface area contributed by atoms with Crippen LogP contribution in [0, 0.1) is 0 Å². The average molecular weight is 240 g/mol. The average Bonchev–Trinajstić information content (AvgIpc) is 2.36. The summed E-state index contributed by atoms with van der Waals surface area (Å²) in [6.07, 6.45) is 6.43. The second kappa shape index (κ2) is 3.19. The van der Waals surface area contributed by atoms with Gasteiger partial charge in [-0.15, -0.1) is 0 Å². The highest BCUT2D eigenvalue weighted by atomic mass is 127. The summed E-state index contributed by atoms with van der Waals surface area (Å²) in [5.74, 6) is 0. The number of hydrogen-bond acceptors (Lipinski definition) is 1. The summed E-state index contributed by atoms with van der Waals surface area (Å²) >= 11 is 2.04. The second-order valence-corrected chi connectivity index (χ2v) is 3.26. The second-order valence-electron chi connectivity index (χ2n) is 2.82. The first-order chi connectivity index (χ1) is 4.33. The lowest BCUT2D eigenvalue weighted by atomic mass is 10.00. The molecule has 1 fully saturated rings. The third-order valence-electron chi connectivity index (χ3n) is 2.32. The van der Waals surface area contributed by atoms with Crippen LogP contribution in [0.5, 0.6) is 0 Å². The van der Waals surface area contributed by atoms with E-state index in [1.165, 1.54) is 32.1 Å². The van der Waals surface area contributed by atoms with Crippen LogP contribution < -0.4 is 0 Å². The van der Waals surface area contributed by atoms with Gasteiger partial charge in [-0.25, -0.2) is 0 Å². The first kappa shape index (κ1) is 7.79. The quantitative estimate of drug-likeness (QED) is 0.674. The molecule has 9 heavy (non-hydrogen) atoms. The first-order valence-electron chi connectivity index (χ1n) is 3.63. The van der Waals surface area contributed by atoms with E-state index < -0.39 is 0 Å². The van der Waals surface area contributed by atoms with E-state index in [2.05, 4.69) is 6.92 Å². The Hall–Kier alpha value is 0.690. The third kappa shape index (κ3) is 1.58. The lowest BCUT2D eigenvalue weighted by Crippen LogP contribution is -2.23. The van der Waals surface area contributed by atoms with Crippen molar-refractivity contribution in [1.82, 2.24) is 0 Å². The summed E-state index contributed by atoms with van der Waals surface area (Å²) < 4.78 is 5.42. The Balaban J connectivity index is 2.45. The molecule has 2 heteroatoms. The Morgan fingerprint density at radius 3 is 2.22 bits per heavy atom. The summed E-state index contributed by atoms with van der Waals surface area (Å²) in [6, 6.07) is 0. The van der Waals surface area contributed by atoms with Crippen LogP contribution in [0.2, 0.25) is 0 Å². The number of rotatable bonds is 2. The topological polar surface area (TPSA) is 9.23 Å². The molecule has 0 amide bonds. The summed E-state index contributed by atoms with van der Waals surface area (Å²) in [5.41, 5.74) is 0.264. The molecule has 0 aromatic rings. The predicted octanol–water partition coefficient (Wildman–Crippen LogP) is 3.08. The SMILES string of the molecule is CCC1(OI)CCCC1. The standard InChI is InChI=1S/C7H13IO/c1-2-7(9-8)5-3-4-6-7/h2-6H2,1H3. The van der Waals surface area contributed by atoms with Crippen LogP contribution in [0.1, 0.15) is 39.0 Å². The van der Waals surface area contributed by atoms with Gasteiger partial charge in [0.05, 0.1) is 5.60 Å². The molecule has 1 aliphatic carbocycles. The van der Waals surface area contributed by atoms with Crippen LogP contribution >= 0.6 is 23.0 Å². The van der Waals surface area contributed by atoms with Crippen molar-refractivity contribution < 1.29 is 3.07 Å². The zero-order valence-corrected chi connectivity index (χ0v) is 7.98. The van der Waals surface area contributed by atoms with Gasteiger partial charge in [0, 0.05) is 0 Å². The van der Waals surface area contributed by atoms with Gasteiger partial charge >= 0.3 is 0 Å². The molecule has 0 radical (unpaired) electrons. The van der Waals surface area contributed by atoms with Gasteiger partial charge in [-0.2, -0.15) is 0 Å². The fourth-order valence-electron chi connectivity index (χ4n) is 1.50. The van der Waals surface area contributed by atoms with Crippen LogP contribution in [0.3, 0.4) is 0 Å². The molecule has 1 nitrogen and oxygen atoms in total. The third-order valence-corrected chi connectivity index (χ3v) is 3.26. The van der Waals surface area contributed by atoms with E-state index in [1.54, 1.807) is 0 Å². The molecule has 0 spiro atoms. The van der Waals surface area contributed by atoms with Crippen molar-refractivity contribution in [2.24, 2.45) is 0 Å². The molecule has 0 aliphatic heterocycles. The fourth-order valence-corrected chi connectivity index (χ4v) is 2.26. The smallest absolute Gasteiger partial charge is 0.110 e. The molecule has 0 aromatic carbocycles. The van der Waals surface area contributed by atoms with Crippen molar-refractivity contribution in [3.63, 3.8) is 0 Å². The Bertz CT molecular complexity index is 80.9. The molecule has 0 unspecified atom stereocenters. The van der Waals surface area contributed by atoms with Crippen molar-refractivity contribution in [3.8, 4) is 0 Å². The van der Waals surface area contributed by atoms with Gasteiger partial charge in [-0.1, -0.05) is 19.8 Å². The molecule has 0 bridgehead atoms. The lowest BCUT2D eigenvalue weighted by molar-refractivity contribution is 0.129. The van der Waals surface area contributed by atoms with Crippen LogP contribution in [0.4, 0.5) is 0 Å². The number of halogens is 1. The molecule has 54 valence electrons. The highest BCUT2D eigenvalue weighted by molar-refractivity contribution is 14.1. The van der Waals surface area contributed by atoms with E-state index in [9.17, 15) is 0 Å². The Kier molecular flexibility index (Phi) is 2.76. The molecule has 0 aromatic heterocycles. The monoisotopic (exact) mass is 240 g/mol. The zero-order chi connectivity index (χ0) is 6.74. The predicted molar refractivity (Wildman–Crippen MR) is 46.6 cm³/mol. The van der Waals surface area contributed by atoms with Gasteiger partial charge < -0.3 is 3.07 Å². The van der Waals surface area contributed by atoms with Crippen LogP contribution in [-0.4, -0.2) is 5.60 Å². The van der Waals surface area contributed by atoms with Crippen LogP contribution in [0.25, 0.3) is 0 Å². The molecule has 0 saturated heterocycles. The summed E-state index contributed by atoms with van der Waals surface area (Å²) in [7, 11) is 0. The van der Waals surface area contributed by atoms with Crippen LogP contribution in [0.15, 0.2) is 0 Å². The highest BCUT2D eigenvalue weighted by Gasteiger charge is 2.32. The summed E-state index contributed by atoms with van der Waals surface area (Å²) in [6.45, 7) is 2.21. The van der Waals surface area contributed by atoms with E-state index in [1.807, 2.05) is 23.0 Å². The minimum atomic E-state index is 0.264. The minimum Gasteiger partial charge on any atom is -0.309 e. The highest BCUT2D eigenvalue weighted by Crippen LogP contribution is 2.37. The van der Waals surface area contributed by atoms with Crippen molar-refractivity contribution in [2.75, 3.05) is 0 Å². The van der Waals surface area contributed by atoms with Gasteiger partial charge in [0.1, 0.15) is 23.0 Å². The summed E-state index contributed by atoms with van der Waals surface area (Å²) in [4.78, 5) is 0. The Morgan fingerprint density at radius 1 is 1.44 bits per heavy atom. The van der Waals surface area contributed by atoms with Gasteiger partial charge in [-0.05, 0) is 19.3 Å². The summed E-state index contributed by atoms with van der Waals surface area (Å²) in [5, 5.41) is 0. The van der Waals surface area contributed by atoms with Gasteiger partial charge in [0.15, 0.2) is 0 Å². The molecule has 1 rings (SSSR count). The van der Waals surface area contributed by atoms with Crippen molar-refractivity contribution >= 4 is 23.0 Å². The van der Waals surface area contributed by atoms with Gasteiger partial charge in [0.2, 0.25) is 0 Å². The number of hydrogen-bond donors (Lipinski definition) is 0. The molecule has 1 aliphatic rings. The molecular formula is C7H13IO.